The molecule has 9 nitrogen and oxygen atoms in total. The predicted molar refractivity (Wildman–Crippen MR) is 142 cm³/mol. The van der Waals surface area contributed by atoms with Gasteiger partial charge in [0, 0.05) is 35.0 Å². The summed E-state index contributed by atoms with van der Waals surface area (Å²) < 4.78 is 31.1. The fraction of sp³-hybridized carbons (Fsp3) is 0.310. The second kappa shape index (κ2) is 11.7. The molecule has 0 unspecified atom stereocenters. The minimum Gasteiger partial charge on any atom is -0.497 e. The van der Waals surface area contributed by atoms with Gasteiger partial charge in [-0.3, -0.25) is 4.79 Å². The number of anilines is 2. The second-order valence-electron chi connectivity index (χ2n) is 9.54. The number of carbonyl (C=O) groups excluding carboxylic acids is 2. The van der Waals surface area contributed by atoms with Crippen LogP contribution in [0, 0.1) is 5.82 Å². The van der Waals surface area contributed by atoms with Gasteiger partial charge < -0.3 is 35.3 Å². The van der Waals surface area contributed by atoms with E-state index in [0.717, 1.165) is 5.56 Å². The number of ether oxygens (including phenoxy) is 3. The van der Waals surface area contributed by atoms with Crippen LogP contribution in [-0.2, 0) is 16.1 Å². The van der Waals surface area contributed by atoms with Gasteiger partial charge in [0.05, 0.1) is 26.2 Å². The number of aliphatic hydroxyl groups is 1. The SMILES string of the molecule is COc1ccc(NC(=O)Nc2ccc3c(c2)[C@@H]2C[C@@H](CC(=O)NCc4ccccc4F)O[C@@H](CO)[C@@H]2O3)cc1. The Morgan fingerprint density at radius 2 is 1.79 bits per heavy atom. The van der Waals surface area contributed by atoms with Crippen LogP contribution < -0.4 is 25.4 Å². The Labute approximate surface area is 225 Å². The van der Waals surface area contributed by atoms with Gasteiger partial charge in [0.1, 0.15) is 29.5 Å². The van der Waals surface area contributed by atoms with Crippen molar-refractivity contribution < 1.29 is 33.3 Å². The van der Waals surface area contributed by atoms with Gasteiger partial charge in [-0.2, -0.15) is 0 Å². The van der Waals surface area contributed by atoms with Gasteiger partial charge in [-0.25, -0.2) is 9.18 Å². The van der Waals surface area contributed by atoms with Crippen molar-refractivity contribution in [3.05, 3.63) is 83.7 Å². The quantitative estimate of drug-likeness (QED) is 0.344. The lowest BCUT2D eigenvalue weighted by atomic mass is 9.84. The molecule has 1 fully saturated rings. The minimum atomic E-state index is -0.615. The zero-order valence-corrected chi connectivity index (χ0v) is 21.4. The molecule has 0 saturated carbocycles. The van der Waals surface area contributed by atoms with E-state index in [0.29, 0.717) is 34.9 Å². The van der Waals surface area contributed by atoms with Crippen LogP contribution in [0.3, 0.4) is 0 Å². The average molecular weight is 536 g/mol. The summed E-state index contributed by atoms with van der Waals surface area (Å²) >= 11 is 0. The van der Waals surface area contributed by atoms with Gasteiger partial charge in [-0.1, -0.05) is 18.2 Å². The molecule has 4 atom stereocenters. The molecule has 0 aromatic heterocycles. The van der Waals surface area contributed by atoms with Gasteiger partial charge in [0.2, 0.25) is 5.91 Å². The van der Waals surface area contributed by atoms with E-state index in [2.05, 4.69) is 16.0 Å². The van der Waals surface area contributed by atoms with Crippen molar-refractivity contribution in [1.82, 2.24) is 5.32 Å². The van der Waals surface area contributed by atoms with Crippen molar-refractivity contribution in [3.63, 3.8) is 0 Å². The molecular weight excluding hydrogens is 505 g/mol. The molecule has 3 aromatic rings. The third-order valence-corrected chi connectivity index (χ3v) is 6.95. The molecule has 39 heavy (non-hydrogen) atoms. The topological polar surface area (TPSA) is 118 Å². The Morgan fingerprint density at radius 1 is 1.05 bits per heavy atom. The van der Waals surface area contributed by atoms with Crippen LogP contribution in [0.25, 0.3) is 0 Å². The molecule has 0 bridgehead atoms. The summed E-state index contributed by atoms with van der Waals surface area (Å²) in [7, 11) is 1.57. The number of methoxy groups -OCH3 is 1. The zero-order valence-electron chi connectivity index (χ0n) is 21.4. The van der Waals surface area contributed by atoms with Crippen LogP contribution >= 0.6 is 0 Å². The minimum absolute atomic E-state index is 0.0612. The maximum absolute atomic E-state index is 13.9. The number of amides is 3. The Morgan fingerprint density at radius 3 is 2.54 bits per heavy atom. The number of rotatable bonds is 8. The van der Waals surface area contributed by atoms with E-state index in [1.807, 2.05) is 6.07 Å². The fourth-order valence-corrected chi connectivity index (χ4v) is 5.05. The highest BCUT2D eigenvalue weighted by molar-refractivity contribution is 5.99. The lowest BCUT2D eigenvalue weighted by Crippen LogP contribution is -2.47. The maximum Gasteiger partial charge on any atom is 0.323 e. The maximum atomic E-state index is 13.9. The van der Waals surface area contributed by atoms with Gasteiger partial charge >= 0.3 is 6.03 Å². The number of benzene rings is 3. The number of hydrogen-bond acceptors (Lipinski definition) is 6. The Balaban J connectivity index is 1.22. The van der Waals surface area contributed by atoms with Crippen LogP contribution in [0.1, 0.15) is 29.9 Å². The summed E-state index contributed by atoms with van der Waals surface area (Å²) in [6, 6.07) is 18.2. The van der Waals surface area contributed by atoms with Crippen molar-refractivity contribution in [2.45, 2.75) is 43.6 Å². The average Bonchev–Trinajstić information content (AvgIpc) is 3.30. The van der Waals surface area contributed by atoms with Gasteiger partial charge in [-0.05, 0) is 55.0 Å². The molecule has 0 aliphatic carbocycles. The molecule has 2 aliphatic rings. The third kappa shape index (κ3) is 6.13. The number of halogens is 1. The van der Waals surface area contributed by atoms with Gasteiger partial charge in [0.25, 0.3) is 0 Å². The fourth-order valence-electron chi connectivity index (χ4n) is 5.05. The molecule has 5 rings (SSSR count). The number of nitrogens with one attached hydrogen (secondary N) is 3. The predicted octanol–water partition coefficient (Wildman–Crippen LogP) is 4.18. The second-order valence-corrected chi connectivity index (χ2v) is 9.54. The summed E-state index contributed by atoms with van der Waals surface area (Å²) in [5, 5.41) is 18.3. The van der Waals surface area contributed by atoms with Crippen molar-refractivity contribution in [1.29, 1.82) is 0 Å². The van der Waals surface area contributed by atoms with E-state index in [1.54, 1.807) is 61.7 Å². The van der Waals surface area contributed by atoms with Crippen molar-refractivity contribution >= 4 is 23.3 Å². The summed E-state index contributed by atoms with van der Waals surface area (Å²) in [5.41, 5.74) is 2.47. The first-order chi connectivity index (χ1) is 18.9. The van der Waals surface area contributed by atoms with Crippen LogP contribution in [0.5, 0.6) is 11.5 Å². The molecule has 2 aliphatic heterocycles. The van der Waals surface area contributed by atoms with Crippen molar-refractivity contribution in [2.75, 3.05) is 24.4 Å². The van der Waals surface area contributed by atoms with Crippen molar-refractivity contribution in [2.24, 2.45) is 0 Å². The Bertz CT molecular complexity index is 1330. The first-order valence-corrected chi connectivity index (χ1v) is 12.7. The number of aliphatic hydroxyl groups excluding tert-OH is 1. The lowest BCUT2D eigenvalue weighted by Gasteiger charge is -2.37. The summed E-state index contributed by atoms with van der Waals surface area (Å²) in [5.74, 6) is 0.548. The molecule has 3 aromatic carbocycles. The molecule has 1 saturated heterocycles. The van der Waals surface area contributed by atoms with E-state index in [4.69, 9.17) is 14.2 Å². The van der Waals surface area contributed by atoms with Crippen LogP contribution in [0.2, 0.25) is 0 Å². The Kier molecular flexibility index (Phi) is 7.94. The van der Waals surface area contributed by atoms with Crippen molar-refractivity contribution in [3.8, 4) is 11.5 Å². The van der Waals surface area contributed by atoms with Crippen LogP contribution in [-0.4, -0.2) is 49.1 Å². The third-order valence-electron chi connectivity index (χ3n) is 6.95. The molecule has 2 heterocycles. The molecule has 3 amide bonds. The Hall–Kier alpha value is -4.15. The molecular formula is C29H30FN3O6. The molecule has 0 spiro atoms. The molecule has 4 N–H and O–H groups in total. The first-order valence-electron chi connectivity index (χ1n) is 12.7. The number of hydrogen-bond donors (Lipinski definition) is 4. The van der Waals surface area contributed by atoms with Gasteiger partial charge in [0.15, 0.2) is 0 Å². The summed E-state index contributed by atoms with van der Waals surface area (Å²) in [6.45, 7) is -0.189. The first kappa shape index (κ1) is 26.5. The van der Waals surface area contributed by atoms with Gasteiger partial charge in [-0.15, -0.1) is 0 Å². The smallest absolute Gasteiger partial charge is 0.323 e. The van der Waals surface area contributed by atoms with E-state index in [1.165, 1.54) is 6.07 Å². The van der Waals surface area contributed by atoms with Crippen LogP contribution in [0.4, 0.5) is 20.6 Å². The normalized spacial score (nSPS) is 21.2. The standard InChI is InChI=1S/C29H30FN3O6/c1-37-20-9-6-18(7-10-20)32-29(36)33-19-8-11-25-22(12-19)23-13-21(38-26(16-34)28(23)39-25)14-27(35)31-15-17-4-2-3-5-24(17)30/h2-12,21,23,26,28,34H,13-16H2,1H3,(H,31,35)(H2,32,33,36)/t21-,23-,26-,28+/m0/s1. The highest BCUT2D eigenvalue weighted by Gasteiger charge is 2.46. The van der Waals surface area contributed by atoms with E-state index in [-0.39, 0.29) is 37.2 Å². The number of carbonyl (C=O) groups is 2. The molecule has 10 heteroatoms. The van der Waals surface area contributed by atoms with E-state index < -0.39 is 24.3 Å². The molecule has 0 radical (unpaired) electrons. The highest BCUT2D eigenvalue weighted by atomic mass is 19.1. The monoisotopic (exact) mass is 535 g/mol. The number of urea groups is 1. The lowest BCUT2D eigenvalue weighted by molar-refractivity contribution is -0.142. The highest BCUT2D eigenvalue weighted by Crippen LogP contribution is 2.47. The summed E-state index contributed by atoms with van der Waals surface area (Å²) in [4.78, 5) is 25.2. The summed E-state index contributed by atoms with van der Waals surface area (Å²) in [6.07, 6.45) is -0.941. The van der Waals surface area contributed by atoms with E-state index in [9.17, 15) is 19.1 Å². The zero-order chi connectivity index (χ0) is 27.4. The largest absolute Gasteiger partial charge is 0.497 e. The van der Waals surface area contributed by atoms with E-state index >= 15 is 0 Å². The molecule has 204 valence electrons. The number of fused-ring (bicyclic) bond motifs is 3. The van der Waals surface area contributed by atoms with Crippen LogP contribution in [0.15, 0.2) is 66.7 Å².